The van der Waals surface area contributed by atoms with E-state index in [1.165, 1.54) is 0 Å². The van der Waals surface area contributed by atoms with Crippen LogP contribution in [0.3, 0.4) is 0 Å². The molecule has 0 N–H and O–H groups in total. The molecule has 1 amide bonds. The summed E-state index contributed by atoms with van der Waals surface area (Å²) in [5.74, 6) is 1.28. The van der Waals surface area contributed by atoms with E-state index in [1.807, 2.05) is 64.3 Å². The minimum Gasteiger partial charge on any atom is -0.497 e. The normalized spacial score (nSPS) is 16.2. The van der Waals surface area contributed by atoms with Crippen molar-refractivity contribution in [1.82, 2.24) is 19.9 Å². The van der Waals surface area contributed by atoms with E-state index in [0.717, 1.165) is 17.7 Å². The van der Waals surface area contributed by atoms with Gasteiger partial charge in [0.1, 0.15) is 17.2 Å². The third-order valence-corrected chi connectivity index (χ3v) is 4.87. The second-order valence-electron chi connectivity index (χ2n) is 6.70. The zero-order valence-corrected chi connectivity index (χ0v) is 15.7. The van der Waals surface area contributed by atoms with E-state index in [9.17, 15) is 4.79 Å². The lowest BCUT2D eigenvalue weighted by molar-refractivity contribution is -0.132. The number of carbonyl (C=O) groups is 1. The molecule has 0 aliphatic carbocycles. The molecule has 1 aliphatic rings. The van der Waals surface area contributed by atoms with E-state index >= 15 is 0 Å². The fourth-order valence-corrected chi connectivity index (χ4v) is 3.31. The number of nitrogens with zero attached hydrogens (tertiary/aromatic N) is 4. The maximum absolute atomic E-state index is 12.5. The van der Waals surface area contributed by atoms with Gasteiger partial charge in [0, 0.05) is 24.7 Å². The number of methoxy groups -OCH3 is 1. The molecular formula is C21H22N4O3. The van der Waals surface area contributed by atoms with E-state index in [1.54, 1.807) is 13.2 Å². The van der Waals surface area contributed by atoms with Crippen LogP contribution in [0, 0.1) is 0 Å². The first-order valence-electron chi connectivity index (χ1n) is 9.25. The van der Waals surface area contributed by atoms with Gasteiger partial charge in [-0.2, -0.15) is 0 Å². The van der Waals surface area contributed by atoms with Crippen molar-refractivity contribution in [3.63, 3.8) is 0 Å². The Balaban J connectivity index is 1.33. The van der Waals surface area contributed by atoms with E-state index in [0.29, 0.717) is 24.6 Å². The quantitative estimate of drug-likeness (QED) is 0.660. The fourth-order valence-electron chi connectivity index (χ4n) is 3.31. The van der Waals surface area contributed by atoms with Crippen LogP contribution >= 0.6 is 0 Å². The van der Waals surface area contributed by atoms with Crippen molar-refractivity contribution in [2.45, 2.75) is 12.5 Å². The van der Waals surface area contributed by atoms with E-state index in [2.05, 4.69) is 10.3 Å². The Morgan fingerprint density at radius 2 is 1.96 bits per heavy atom. The van der Waals surface area contributed by atoms with Crippen molar-refractivity contribution >= 4 is 5.91 Å². The number of benzene rings is 2. The van der Waals surface area contributed by atoms with Crippen molar-refractivity contribution in [2.75, 3.05) is 26.8 Å². The zero-order chi connectivity index (χ0) is 19.3. The van der Waals surface area contributed by atoms with Crippen LogP contribution < -0.4 is 9.47 Å². The number of ether oxygens (including phenoxy) is 2. The van der Waals surface area contributed by atoms with Gasteiger partial charge < -0.3 is 14.4 Å². The number of aromatic nitrogens is 3. The average Bonchev–Trinajstić information content (AvgIpc) is 3.42. The molecule has 1 saturated heterocycles. The summed E-state index contributed by atoms with van der Waals surface area (Å²) in [7, 11) is 1.60. The summed E-state index contributed by atoms with van der Waals surface area (Å²) in [5.41, 5.74) is 1.87. The van der Waals surface area contributed by atoms with Crippen LogP contribution in [0.15, 0.2) is 60.8 Å². The van der Waals surface area contributed by atoms with Crippen molar-refractivity contribution in [1.29, 1.82) is 0 Å². The molecular weight excluding hydrogens is 356 g/mol. The predicted octanol–water partition coefficient (Wildman–Crippen LogP) is 2.81. The third kappa shape index (κ3) is 3.98. The minimum absolute atomic E-state index is 0.00646. The van der Waals surface area contributed by atoms with Gasteiger partial charge in [0.25, 0.3) is 5.91 Å². The van der Waals surface area contributed by atoms with Crippen LogP contribution in [-0.2, 0) is 4.79 Å². The molecule has 0 bridgehead atoms. The summed E-state index contributed by atoms with van der Waals surface area (Å²) in [6.07, 6.45) is 2.79. The van der Waals surface area contributed by atoms with Gasteiger partial charge in [0.2, 0.25) is 0 Å². The number of hydrogen-bond donors (Lipinski definition) is 0. The summed E-state index contributed by atoms with van der Waals surface area (Å²) in [4.78, 5) is 14.3. The first-order chi connectivity index (χ1) is 13.7. The van der Waals surface area contributed by atoms with Crippen LogP contribution in [0.25, 0.3) is 11.3 Å². The molecule has 1 atom stereocenters. The van der Waals surface area contributed by atoms with Gasteiger partial charge >= 0.3 is 0 Å². The maximum atomic E-state index is 12.5. The summed E-state index contributed by atoms with van der Waals surface area (Å²) in [6.45, 7) is 1.30. The van der Waals surface area contributed by atoms with Crippen LogP contribution in [0.2, 0.25) is 0 Å². The fraction of sp³-hybridized carbons (Fsp3) is 0.286. The average molecular weight is 378 g/mol. The van der Waals surface area contributed by atoms with Gasteiger partial charge in [-0.15, -0.1) is 5.10 Å². The monoisotopic (exact) mass is 378 g/mol. The number of amides is 1. The smallest absolute Gasteiger partial charge is 0.260 e. The van der Waals surface area contributed by atoms with Crippen LogP contribution in [0.1, 0.15) is 12.5 Å². The Labute approximate surface area is 163 Å². The van der Waals surface area contributed by atoms with Gasteiger partial charge in [-0.1, -0.05) is 41.6 Å². The molecule has 4 rings (SSSR count). The van der Waals surface area contributed by atoms with Crippen LogP contribution in [0.5, 0.6) is 11.5 Å². The Morgan fingerprint density at radius 1 is 1.14 bits per heavy atom. The molecule has 1 aromatic heterocycles. The van der Waals surface area contributed by atoms with Crippen LogP contribution in [0.4, 0.5) is 0 Å². The van der Waals surface area contributed by atoms with Crippen molar-refractivity contribution in [2.24, 2.45) is 0 Å². The number of rotatable bonds is 6. The van der Waals surface area contributed by atoms with Crippen molar-refractivity contribution in [3.05, 3.63) is 60.8 Å². The molecule has 7 nitrogen and oxygen atoms in total. The molecule has 1 aliphatic heterocycles. The van der Waals surface area contributed by atoms with Crippen molar-refractivity contribution in [3.8, 4) is 22.8 Å². The zero-order valence-electron chi connectivity index (χ0n) is 15.7. The van der Waals surface area contributed by atoms with E-state index in [-0.39, 0.29) is 18.6 Å². The Kier molecular flexibility index (Phi) is 5.23. The first kappa shape index (κ1) is 18.0. The second kappa shape index (κ2) is 8.12. The Hall–Kier alpha value is -3.35. The Bertz CT molecular complexity index is 942. The molecule has 0 radical (unpaired) electrons. The highest BCUT2D eigenvalue weighted by atomic mass is 16.5. The highest BCUT2D eigenvalue weighted by molar-refractivity contribution is 5.78. The molecule has 1 fully saturated rings. The molecule has 28 heavy (non-hydrogen) atoms. The molecule has 7 heteroatoms. The van der Waals surface area contributed by atoms with E-state index in [4.69, 9.17) is 9.47 Å². The Morgan fingerprint density at radius 3 is 2.79 bits per heavy atom. The van der Waals surface area contributed by atoms with Gasteiger partial charge in [0.05, 0.1) is 19.3 Å². The number of carbonyl (C=O) groups excluding carboxylic acids is 1. The molecule has 0 spiro atoms. The molecule has 0 saturated carbocycles. The lowest BCUT2D eigenvalue weighted by Gasteiger charge is -2.17. The number of hydrogen-bond acceptors (Lipinski definition) is 5. The second-order valence-corrected chi connectivity index (χ2v) is 6.70. The molecule has 2 aromatic carbocycles. The maximum Gasteiger partial charge on any atom is 0.260 e. The minimum atomic E-state index is -0.0336. The third-order valence-electron chi connectivity index (χ3n) is 4.87. The van der Waals surface area contributed by atoms with Crippen molar-refractivity contribution < 1.29 is 14.3 Å². The summed E-state index contributed by atoms with van der Waals surface area (Å²) >= 11 is 0. The van der Waals surface area contributed by atoms with Gasteiger partial charge in [-0.25, -0.2) is 4.68 Å². The standard InChI is InChI=1S/C21H22N4O3/c1-27-18-8-5-9-19(12-18)28-15-21(26)24-11-10-17(13-24)25-14-20(22-23-25)16-6-3-2-4-7-16/h2-9,12,14,17H,10-11,13,15H2,1H3. The SMILES string of the molecule is COc1cccc(OCC(=O)N2CCC(n3cc(-c4ccccc4)nn3)C2)c1. The van der Waals surface area contributed by atoms with Crippen LogP contribution in [-0.4, -0.2) is 52.6 Å². The topological polar surface area (TPSA) is 69.5 Å². The molecule has 1 unspecified atom stereocenters. The van der Waals surface area contributed by atoms with E-state index < -0.39 is 0 Å². The number of likely N-dealkylation sites (tertiary alicyclic amines) is 1. The molecule has 144 valence electrons. The predicted molar refractivity (Wildman–Crippen MR) is 104 cm³/mol. The summed E-state index contributed by atoms with van der Waals surface area (Å²) < 4.78 is 12.6. The summed E-state index contributed by atoms with van der Waals surface area (Å²) in [6, 6.07) is 17.3. The van der Waals surface area contributed by atoms with Gasteiger partial charge in [-0.05, 0) is 18.6 Å². The largest absolute Gasteiger partial charge is 0.497 e. The van der Waals surface area contributed by atoms with Gasteiger partial charge in [-0.3, -0.25) is 4.79 Å². The lowest BCUT2D eigenvalue weighted by Crippen LogP contribution is -2.33. The first-order valence-corrected chi connectivity index (χ1v) is 9.25. The van der Waals surface area contributed by atoms with Gasteiger partial charge in [0.15, 0.2) is 6.61 Å². The lowest BCUT2D eigenvalue weighted by atomic mass is 10.2. The highest BCUT2D eigenvalue weighted by Gasteiger charge is 2.28. The molecule has 2 heterocycles. The molecule has 3 aromatic rings. The highest BCUT2D eigenvalue weighted by Crippen LogP contribution is 2.24. The summed E-state index contributed by atoms with van der Waals surface area (Å²) in [5, 5.41) is 8.53.